The maximum atomic E-state index is 12.1. The molecule has 1 atom stereocenters. The van der Waals surface area contributed by atoms with E-state index >= 15 is 0 Å². The molecule has 0 unspecified atom stereocenters. The highest BCUT2D eigenvalue weighted by atomic mass is 16.1. The summed E-state index contributed by atoms with van der Waals surface area (Å²) in [5, 5.41) is 7.22. The molecule has 106 valence electrons. The van der Waals surface area contributed by atoms with Crippen LogP contribution in [0.15, 0.2) is 30.5 Å². The van der Waals surface area contributed by atoms with Crippen LogP contribution in [0.4, 0.5) is 0 Å². The van der Waals surface area contributed by atoms with E-state index in [1.165, 1.54) is 5.56 Å². The number of carbonyl (C=O) groups is 1. The van der Waals surface area contributed by atoms with Crippen LogP contribution in [-0.4, -0.2) is 15.7 Å². The third kappa shape index (κ3) is 3.26. The Kier molecular flexibility index (Phi) is 4.23. The first kappa shape index (κ1) is 14.3. The van der Waals surface area contributed by atoms with Gasteiger partial charge in [0.1, 0.15) is 0 Å². The van der Waals surface area contributed by atoms with Gasteiger partial charge in [-0.25, -0.2) is 0 Å². The molecule has 2 aromatic rings. The second kappa shape index (κ2) is 5.90. The minimum absolute atomic E-state index is 0.0263. The lowest BCUT2D eigenvalue weighted by molar-refractivity contribution is -0.121. The van der Waals surface area contributed by atoms with Crippen molar-refractivity contribution in [3.63, 3.8) is 0 Å². The van der Waals surface area contributed by atoms with Gasteiger partial charge >= 0.3 is 0 Å². The average Bonchev–Trinajstić information content (AvgIpc) is 2.73. The molecule has 0 fully saturated rings. The normalized spacial score (nSPS) is 12.2. The van der Waals surface area contributed by atoms with Crippen molar-refractivity contribution in [2.24, 2.45) is 7.05 Å². The molecular weight excluding hydrogens is 250 g/mol. The summed E-state index contributed by atoms with van der Waals surface area (Å²) in [7, 11) is 1.90. The first-order chi connectivity index (χ1) is 9.47. The van der Waals surface area contributed by atoms with Crippen LogP contribution in [0.25, 0.3) is 0 Å². The number of benzene rings is 1. The Morgan fingerprint density at radius 1 is 1.30 bits per heavy atom. The van der Waals surface area contributed by atoms with Crippen LogP contribution in [0.1, 0.15) is 35.3 Å². The van der Waals surface area contributed by atoms with Gasteiger partial charge in [0, 0.05) is 18.3 Å². The topological polar surface area (TPSA) is 46.9 Å². The molecule has 0 saturated carbocycles. The Bertz CT molecular complexity index is 599. The Morgan fingerprint density at radius 2 is 1.95 bits per heavy atom. The first-order valence-electron chi connectivity index (χ1n) is 6.80. The van der Waals surface area contributed by atoms with Crippen LogP contribution in [0.5, 0.6) is 0 Å². The summed E-state index contributed by atoms with van der Waals surface area (Å²) in [5.41, 5.74) is 4.37. The average molecular weight is 271 g/mol. The van der Waals surface area contributed by atoms with Crippen LogP contribution >= 0.6 is 0 Å². The van der Waals surface area contributed by atoms with Crippen molar-refractivity contribution >= 4 is 5.91 Å². The van der Waals surface area contributed by atoms with Crippen LogP contribution in [0, 0.1) is 13.8 Å². The molecule has 0 bridgehead atoms. The maximum Gasteiger partial charge on any atom is 0.224 e. The molecule has 0 radical (unpaired) electrons. The standard InChI is InChI=1S/C16H21N3O/c1-11-5-7-14(8-6-11)9-16(20)18-12(2)15-10-17-19(4)13(15)3/h5-8,10,12H,9H2,1-4H3,(H,18,20)/t12-/m1/s1. The van der Waals surface area contributed by atoms with E-state index in [0.717, 1.165) is 16.8 Å². The minimum Gasteiger partial charge on any atom is -0.349 e. The molecule has 1 amide bonds. The van der Waals surface area contributed by atoms with Gasteiger partial charge in [0.25, 0.3) is 0 Å². The summed E-state index contributed by atoms with van der Waals surface area (Å²) in [6.07, 6.45) is 2.22. The van der Waals surface area contributed by atoms with Crippen molar-refractivity contribution in [1.82, 2.24) is 15.1 Å². The van der Waals surface area contributed by atoms with Crippen molar-refractivity contribution in [2.45, 2.75) is 33.2 Å². The van der Waals surface area contributed by atoms with E-state index < -0.39 is 0 Å². The summed E-state index contributed by atoms with van der Waals surface area (Å²) in [6.45, 7) is 6.03. The van der Waals surface area contributed by atoms with Crippen molar-refractivity contribution in [1.29, 1.82) is 0 Å². The summed E-state index contributed by atoms with van der Waals surface area (Å²) < 4.78 is 1.82. The molecule has 1 N–H and O–H groups in total. The fourth-order valence-electron chi connectivity index (χ4n) is 2.20. The van der Waals surface area contributed by atoms with E-state index in [9.17, 15) is 4.79 Å². The van der Waals surface area contributed by atoms with Crippen LogP contribution in [0.2, 0.25) is 0 Å². The number of hydrogen-bond acceptors (Lipinski definition) is 2. The third-order valence-corrected chi connectivity index (χ3v) is 3.60. The van der Waals surface area contributed by atoms with Crippen LogP contribution < -0.4 is 5.32 Å². The monoisotopic (exact) mass is 271 g/mol. The molecule has 0 aliphatic heterocycles. The number of nitrogens with zero attached hydrogens (tertiary/aromatic N) is 2. The molecule has 0 aliphatic rings. The number of carbonyl (C=O) groups excluding carboxylic acids is 1. The second-order valence-electron chi connectivity index (χ2n) is 5.26. The van der Waals surface area contributed by atoms with Gasteiger partial charge in [-0.3, -0.25) is 9.48 Å². The zero-order chi connectivity index (χ0) is 14.7. The molecule has 0 aliphatic carbocycles. The fourth-order valence-corrected chi connectivity index (χ4v) is 2.20. The fraction of sp³-hybridized carbons (Fsp3) is 0.375. The molecule has 20 heavy (non-hydrogen) atoms. The highest BCUT2D eigenvalue weighted by molar-refractivity contribution is 5.79. The van der Waals surface area contributed by atoms with Gasteiger partial charge in [0.2, 0.25) is 5.91 Å². The molecule has 2 rings (SSSR count). The number of amides is 1. The third-order valence-electron chi connectivity index (χ3n) is 3.60. The molecule has 1 aromatic carbocycles. The predicted octanol–water partition coefficient (Wildman–Crippen LogP) is 2.46. The Balaban J connectivity index is 1.97. The lowest BCUT2D eigenvalue weighted by Crippen LogP contribution is -2.28. The summed E-state index contributed by atoms with van der Waals surface area (Å²) in [6, 6.07) is 8.01. The van der Waals surface area contributed by atoms with E-state index in [1.807, 2.05) is 63.0 Å². The van der Waals surface area contributed by atoms with Crippen LogP contribution in [-0.2, 0) is 18.3 Å². The van der Waals surface area contributed by atoms with Crippen molar-refractivity contribution in [3.8, 4) is 0 Å². The van der Waals surface area contributed by atoms with Crippen LogP contribution in [0.3, 0.4) is 0 Å². The Labute approximate surface area is 119 Å². The maximum absolute atomic E-state index is 12.1. The van der Waals surface area contributed by atoms with E-state index in [0.29, 0.717) is 6.42 Å². The highest BCUT2D eigenvalue weighted by Gasteiger charge is 2.14. The lowest BCUT2D eigenvalue weighted by Gasteiger charge is -2.14. The summed E-state index contributed by atoms with van der Waals surface area (Å²) >= 11 is 0. The van der Waals surface area contributed by atoms with Gasteiger partial charge in [-0.2, -0.15) is 5.10 Å². The molecule has 1 heterocycles. The minimum atomic E-state index is -0.0263. The van der Waals surface area contributed by atoms with Gasteiger partial charge in [0.05, 0.1) is 18.7 Å². The zero-order valence-electron chi connectivity index (χ0n) is 12.5. The number of hydrogen-bond donors (Lipinski definition) is 1. The molecular formula is C16H21N3O. The summed E-state index contributed by atoms with van der Waals surface area (Å²) in [5.74, 6) is 0.0320. The molecule has 0 saturated heterocycles. The zero-order valence-corrected chi connectivity index (χ0v) is 12.5. The Morgan fingerprint density at radius 3 is 2.50 bits per heavy atom. The first-order valence-corrected chi connectivity index (χ1v) is 6.80. The molecule has 4 nitrogen and oxygen atoms in total. The van der Waals surface area contributed by atoms with Crippen molar-refractivity contribution in [2.75, 3.05) is 0 Å². The van der Waals surface area contributed by atoms with E-state index in [1.54, 1.807) is 0 Å². The van der Waals surface area contributed by atoms with Gasteiger partial charge in [-0.1, -0.05) is 29.8 Å². The van der Waals surface area contributed by atoms with E-state index in [-0.39, 0.29) is 11.9 Å². The largest absolute Gasteiger partial charge is 0.349 e. The number of aromatic nitrogens is 2. The smallest absolute Gasteiger partial charge is 0.224 e. The quantitative estimate of drug-likeness (QED) is 0.928. The Hall–Kier alpha value is -2.10. The summed E-state index contributed by atoms with van der Waals surface area (Å²) in [4.78, 5) is 12.1. The van der Waals surface area contributed by atoms with E-state index in [2.05, 4.69) is 10.4 Å². The van der Waals surface area contributed by atoms with Gasteiger partial charge in [0.15, 0.2) is 0 Å². The molecule has 0 spiro atoms. The van der Waals surface area contributed by atoms with Crippen molar-refractivity contribution in [3.05, 3.63) is 52.8 Å². The molecule has 4 heteroatoms. The number of rotatable bonds is 4. The predicted molar refractivity (Wildman–Crippen MR) is 79.4 cm³/mol. The molecule has 1 aromatic heterocycles. The highest BCUT2D eigenvalue weighted by Crippen LogP contribution is 2.16. The van der Waals surface area contributed by atoms with E-state index in [4.69, 9.17) is 0 Å². The van der Waals surface area contributed by atoms with Gasteiger partial charge in [-0.15, -0.1) is 0 Å². The SMILES string of the molecule is Cc1ccc(CC(=O)N[C@H](C)c2cnn(C)c2C)cc1. The second-order valence-corrected chi connectivity index (χ2v) is 5.26. The number of nitrogens with one attached hydrogen (secondary N) is 1. The number of aryl methyl sites for hydroxylation is 2. The van der Waals surface area contributed by atoms with Gasteiger partial charge in [-0.05, 0) is 26.3 Å². The van der Waals surface area contributed by atoms with Crippen molar-refractivity contribution < 1.29 is 4.79 Å². The van der Waals surface area contributed by atoms with Gasteiger partial charge < -0.3 is 5.32 Å². The lowest BCUT2D eigenvalue weighted by atomic mass is 10.1.